The number of rotatable bonds is 2. The van der Waals surface area contributed by atoms with Crippen molar-refractivity contribution in [2.75, 3.05) is 20.1 Å². The number of imidazole rings is 1. The van der Waals surface area contributed by atoms with Gasteiger partial charge in [-0.05, 0) is 58.0 Å². The van der Waals surface area contributed by atoms with Gasteiger partial charge in [0.1, 0.15) is 17.0 Å². The van der Waals surface area contributed by atoms with E-state index in [1.54, 1.807) is 13.0 Å². The highest BCUT2D eigenvalue weighted by molar-refractivity contribution is 6.03. The highest BCUT2D eigenvalue weighted by atomic mass is 19.1. The van der Waals surface area contributed by atoms with Crippen LogP contribution in [0.3, 0.4) is 0 Å². The molecule has 2 aromatic heterocycles. The van der Waals surface area contributed by atoms with E-state index in [2.05, 4.69) is 27.6 Å². The summed E-state index contributed by atoms with van der Waals surface area (Å²) in [5, 5.41) is 10.3. The molecule has 2 aliphatic rings. The van der Waals surface area contributed by atoms with Crippen LogP contribution in [0, 0.1) is 11.3 Å². The number of alkyl halides is 1. The number of pyridine rings is 1. The van der Waals surface area contributed by atoms with E-state index in [4.69, 9.17) is 4.98 Å². The van der Waals surface area contributed by atoms with Gasteiger partial charge in [0.15, 0.2) is 0 Å². The highest BCUT2D eigenvalue weighted by Gasteiger charge is 2.44. The van der Waals surface area contributed by atoms with Gasteiger partial charge in [-0.3, -0.25) is 4.98 Å². The van der Waals surface area contributed by atoms with Crippen LogP contribution < -0.4 is 0 Å². The van der Waals surface area contributed by atoms with Crippen LogP contribution in [0.1, 0.15) is 49.5 Å². The Morgan fingerprint density at radius 2 is 2.11 bits per heavy atom. The molecule has 0 bridgehead atoms. The monoisotopic (exact) mass is 363 g/mol. The standard InChI is InChI=1S/C21H22FN5/c1-21(22)8-14(9-21)20-25-18-11-24-17-4-3-13(10-23)7-16(17)19(18)27(20)15-5-6-26(2)12-15/h3-4,7,11,14-15H,5-6,8-9,12H2,1-2H3. The van der Waals surface area contributed by atoms with Crippen LogP contribution in [-0.4, -0.2) is 45.2 Å². The summed E-state index contributed by atoms with van der Waals surface area (Å²) in [6.45, 7) is 3.68. The molecule has 0 amide bonds. The number of hydrogen-bond acceptors (Lipinski definition) is 4. The lowest BCUT2D eigenvalue weighted by Gasteiger charge is -2.39. The maximum absolute atomic E-state index is 14.2. The summed E-state index contributed by atoms with van der Waals surface area (Å²) in [5.41, 5.74) is 2.28. The molecule has 27 heavy (non-hydrogen) atoms. The second-order valence-corrected chi connectivity index (χ2v) is 8.40. The van der Waals surface area contributed by atoms with Crippen molar-refractivity contribution in [1.29, 1.82) is 5.26 Å². The summed E-state index contributed by atoms with van der Waals surface area (Å²) < 4.78 is 16.6. The minimum atomic E-state index is -1.09. The number of nitrogens with zero attached hydrogens (tertiary/aromatic N) is 5. The van der Waals surface area contributed by atoms with E-state index in [0.717, 1.165) is 47.3 Å². The molecule has 2 fully saturated rings. The lowest BCUT2D eigenvalue weighted by atomic mass is 9.73. The van der Waals surface area contributed by atoms with Gasteiger partial charge in [-0.15, -0.1) is 0 Å². The number of nitriles is 1. The van der Waals surface area contributed by atoms with Gasteiger partial charge in [0.2, 0.25) is 0 Å². The van der Waals surface area contributed by atoms with E-state index in [1.807, 2.05) is 18.3 Å². The molecule has 3 aromatic rings. The van der Waals surface area contributed by atoms with E-state index in [1.165, 1.54) is 0 Å². The molecule has 1 aliphatic heterocycles. The zero-order valence-electron chi connectivity index (χ0n) is 15.6. The van der Waals surface area contributed by atoms with Crippen LogP contribution in [0.5, 0.6) is 0 Å². The summed E-state index contributed by atoms with van der Waals surface area (Å²) in [7, 11) is 2.13. The maximum Gasteiger partial charge on any atom is 0.113 e. The molecule has 0 N–H and O–H groups in total. The van der Waals surface area contributed by atoms with Gasteiger partial charge in [0.05, 0.1) is 28.9 Å². The first-order valence-corrected chi connectivity index (χ1v) is 9.53. The first kappa shape index (κ1) is 16.6. The Bertz CT molecular complexity index is 1090. The van der Waals surface area contributed by atoms with Gasteiger partial charge in [0, 0.05) is 23.9 Å². The fraction of sp³-hybridized carbons (Fsp3) is 0.476. The minimum Gasteiger partial charge on any atom is -0.323 e. The molecule has 3 heterocycles. The van der Waals surface area contributed by atoms with Crippen LogP contribution in [-0.2, 0) is 0 Å². The second kappa shape index (κ2) is 5.74. The molecule has 1 aromatic carbocycles. The SMILES string of the molecule is CN1CCC(n2c(C3CC(C)(F)C3)nc3cnc4ccc(C#N)cc4c32)C1. The molecule has 1 unspecified atom stereocenters. The molecule has 5 nitrogen and oxygen atoms in total. The molecule has 1 saturated heterocycles. The molecular weight excluding hydrogens is 341 g/mol. The van der Waals surface area contributed by atoms with Crippen molar-refractivity contribution in [3.63, 3.8) is 0 Å². The van der Waals surface area contributed by atoms with Gasteiger partial charge in [-0.25, -0.2) is 9.37 Å². The smallest absolute Gasteiger partial charge is 0.113 e. The first-order chi connectivity index (χ1) is 12.9. The Kier molecular flexibility index (Phi) is 3.54. The zero-order valence-corrected chi connectivity index (χ0v) is 15.6. The fourth-order valence-corrected chi connectivity index (χ4v) is 4.79. The number of likely N-dealkylation sites (N-methyl/N-ethyl adjacent to an activating group) is 1. The highest BCUT2D eigenvalue weighted by Crippen LogP contribution is 2.48. The van der Waals surface area contributed by atoms with Crippen molar-refractivity contribution in [3.05, 3.63) is 35.8 Å². The van der Waals surface area contributed by atoms with Crippen molar-refractivity contribution >= 4 is 21.9 Å². The third-order valence-electron chi connectivity index (χ3n) is 6.11. The van der Waals surface area contributed by atoms with Crippen LogP contribution in [0.2, 0.25) is 0 Å². The van der Waals surface area contributed by atoms with E-state index in [9.17, 15) is 9.65 Å². The summed E-state index contributed by atoms with van der Waals surface area (Å²) in [6.07, 6.45) is 3.91. The lowest BCUT2D eigenvalue weighted by Crippen LogP contribution is -2.37. The Hall–Kier alpha value is -2.52. The predicted octanol–water partition coefficient (Wildman–Crippen LogP) is 3.94. The predicted molar refractivity (Wildman–Crippen MR) is 102 cm³/mol. The zero-order chi connectivity index (χ0) is 18.8. The van der Waals surface area contributed by atoms with E-state index >= 15 is 0 Å². The van der Waals surface area contributed by atoms with Gasteiger partial charge in [-0.2, -0.15) is 5.26 Å². The van der Waals surface area contributed by atoms with Crippen LogP contribution in [0.15, 0.2) is 24.4 Å². The Labute approximate surface area is 157 Å². The van der Waals surface area contributed by atoms with Crippen molar-refractivity contribution < 1.29 is 4.39 Å². The average Bonchev–Trinajstić information content (AvgIpc) is 3.22. The van der Waals surface area contributed by atoms with E-state index < -0.39 is 5.67 Å². The number of fused-ring (bicyclic) bond motifs is 3. The third-order valence-corrected chi connectivity index (χ3v) is 6.11. The average molecular weight is 363 g/mol. The molecule has 1 saturated carbocycles. The largest absolute Gasteiger partial charge is 0.323 e. The number of benzene rings is 1. The Balaban J connectivity index is 1.77. The molecule has 138 valence electrons. The summed E-state index contributed by atoms with van der Waals surface area (Å²) in [6, 6.07) is 8.15. The van der Waals surface area contributed by atoms with Gasteiger partial charge < -0.3 is 9.47 Å². The molecule has 0 spiro atoms. The van der Waals surface area contributed by atoms with E-state index in [-0.39, 0.29) is 5.92 Å². The normalized spacial score (nSPS) is 28.5. The van der Waals surface area contributed by atoms with Crippen LogP contribution in [0.4, 0.5) is 4.39 Å². The van der Waals surface area contributed by atoms with Gasteiger partial charge in [0.25, 0.3) is 0 Å². The Morgan fingerprint density at radius 1 is 1.30 bits per heavy atom. The van der Waals surface area contributed by atoms with Crippen molar-refractivity contribution in [3.8, 4) is 6.07 Å². The lowest BCUT2D eigenvalue weighted by molar-refractivity contribution is 0.0564. The minimum absolute atomic E-state index is 0.146. The number of hydrogen-bond donors (Lipinski definition) is 0. The van der Waals surface area contributed by atoms with Crippen LogP contribution >= 0.6 is 0 Å². The van der Waals surface area contributed by atoms with Crippen molar-refractivity contribution in [1.82, 2.24) is 19.4 Å². The van der Waals surface area contributed by atoms with Crippen LogP contribution in [0.25, 0.3) is 21.9 Å². The molecular formula is C21H22FN5. The van der Waals surface area contributed by atoms with E-state index in [0.29, 0.717) is 24.4 Å². The molecule has 1 atom stereocenters. The molecule has 6 heteroatoms. The fourth-order valence-electron chi connectivity index (χ4n) is 4.79. The Morgan fingerprint density at radius 3 is 2.78 bits per heavy atom. The van der Waals surface area contributed by atoms with Gasteiger partial charge in [-0.1, -0.05) is 0 Å². The quantitative estimate of drug-likeness (QED) is 0.692. The maximum atomic E-state index is 14.2. The number of likely N-dealkylation sites (tertiary alicyclic amines) is 1. The number of aromatic nitrogens is 3. The molecule has 1 aliphatic carbocycles. The summed E-state index contributed by atoms with van der Waals surface area (Å²) >= 11 is 0. The third kappa shape index (κ3) is 2.61. The first-order valence-electron chi connectivity index (χ1n) is 9.53. The van der Waals surface area contributed by atoms with Crippen molar-refractivity contribution in [2.24, 2.45) is 0 Å². The van der Waals surface area contributed by atoms with Gasteiger partial charge >= 0.3 is 0 Å². The summed E-state index contributed by atoms with van der Waals surface area (Å²) in [4.78, 5) is 11.8. The second-order valence-electron chi connectivity index (χ2n) is 8.40. The summed E-state index contributed by atoms with van der Waals surface area (Å²) in [5.74, 6) is 1.13. The molecule has 0 radical (unpaired) electrons. The van der Waals surface area contributed by atoms with Crippen molar-refractivity contribution in [2.45, 2.75) is 43.8 Å². The number of halogens is 1. The topological polar surface area (TPSA) is 57.7 Å². The molecule has 5 rings (SSSR count).